The standard InChI is InChI=1S/C21H28NSi2.Li/c1-23(2,3)21(24(4,5)6)22-17-20(18-13-9-7-10-14-18)19-15-11-8-12-16-19;/h7-16H,1-6H3;/q-1;+1. The number of nitrogens with zero attached hydrogens (tertiary/aromatic N) is 1. The van der Waals surface area contributed by atoms with Crippen LogP contribution in [0, 0.1) is 5.29 Å². The molecule has 2 rings (SSSR count). The average molecular weight is 358 g/mol. The minimum Gasteiger partial charge on any atom is -0.423 e. The topological polar surface area (TPSA) is 12.4 Å². The largest absolute Gasteiger partial charge is 1.00 e. The molecule has 0 saturated heterocycles. The van der Waals surface area contributed by atoms with E-state index in [-0.39, 0.29) is 18.9 Å². The van der Waals surface area contributed by atoms with E-state index in [1.54, 1.807) is 0 Å². The first-order chi connectivity index (χ1) is 11.2. The molecule has 0 unspecified atom stereocenters. The van der Waals surface area contributed by atoms with Gasteiger partial charge >= 0.3 is 18.9 Å². The molecule has 1 nitrogen and oxygen atoms in total. The first-order valence-electron chi connectivity index (χ1n) is 8.52. The minimum atomic E-state index is -1.45. The van der Waals surface area contributed by atoms with Crippen molar-refractivity contribution in [3.63, 3.8) is 0 Å². The quantitative estimate of drug-likeness (QED) is 0.443. The van der Waals surface area contributed by atoms with E-state index in [1.807, 2.05) is 12.1 Å². The third-order valence-electron chi connectivity index (χ3n) is 3.83. The van der Waals surface area contributed by atoms with E-state index in [2.05, 4.69) is 93.7 Å². The van der Waals surface area contributed by atoms with Gasteiger partial charge in [0.15, 0.2) is 0 Å². The second-order valence-corrected chi connectivity index (χ2v) is 18.6. The normalized spacial score (nSPS) is 11.1. The van der Waals surface area contributed by atoms with E-state index in [0.29, 0.717) is 0 Å². The molecule has 0 N–H and O–H groups in total. The van der Waals surface area contributed by atoms with Gasteiger partial charge in [0.25, 0.3) is 0 Å². The van der Waals surface area contributed by atoms with Gasteiger partial charge in [-0.15, -0.1) is 5.29 Å². The summed E-state index contributed by atoms with van der Waals surface area (Å²) < 4.78 is 0. The van der Waals surface area contributed by atoms with Crippen LogP contribution in [0.2, 0.25) is 39.3 Å². The van der Waals surface area contributed by atoms with Crippen LogP contribution in [0.4, 0.5) is 0 Å². The maximum Gasteiger partial charge on any atom is 1.00 e. The van der Waals surface area contributed by atoms with E-state index in [1.165, 1.54) is 5.29 Å². The summed E-state index contributed by atoms with van der Waals surface area (Å²) in [5.41, 5.74) is 3.40. The number of benzene rings is 2. The predicted octanol–water partition coefficient (Wildman–Crippen LogP) is 3.08. The molecule has 0 aliphatic carbocycles. The van der Waals surface area contributed by atoms with Crippen LogP contribution in [0.3, 0.4) is 0 Å². The Balaban J connectivity index is 0.00000312. The summed E-state index contributed by atoms with van der Waals surface area (Å²) in [7, 11) is -2.91. The Kier molecular flexibility index (Phi) is 7.81. The van der Waals surface area contributed by atoms with Crippen LogP contribution in [-0.4, -0.2) is 22.0 Å². The zero-order valence-corrected chi connectivity index (χ0v) is 18.7. The predicted molar refractivity (Wildman–Crippen MR) is 113 cm³/mol. The van der Waals surface area contributed by atoms with Gasteiger partial charge in [0.2, 0.25) is 0 Å². The Morgan fingerprint density at radius 3 is 1.40 bits per heavy atom. The Bertz CT molecular complexity index is 666. The fourth-order valence-corrected chi connectivity index (χ4v) is 12.9. The molecule has 25 heavy (non-hydrogen) atoms. The molecule has 2 aromatic carbocycles. The molecule has 0 heterocycles. The van der Waals surface area contributed by atoms with Crippen LogP contribution >= 0.6 is 0 Å². The summed E-state index contributed by atoms with van der Waals surface area (Å²) in [6, 6.07) is 20.9. The Labute approximate surface area is 167 Å². The van der Waals surface area contributed by atoms with Gasteiger partial charge < -0.3 is 4.99 Å². The van der Waals surface area contributed by atoms with Gasteiger partial charge in [0.1, 0.15) is 0 Å². The van der Waals surface area contributed by atoms with E-state index in [0.717, 1.165) is 16.7 Å². The van der Waals surface area contributed by atoms with Crippen LogP contribution in [0.25, 0.3) is 5.57 Å². The fraction of sp³-hybridized carbons (Fsp3) is 0.286. The summed E-state index contributed by atoms with van der Waals surface area (Å²) in [5.74, 6) is 3.44. The van der Waals surface area contributed by atoms with Crippen molar-refractivity contribution in [1.29, 1.82) is 0 Å². The van der Waals surface area contributed by atoms with Gasteiger partial charge in [-0.3, -0.25) is 0 Å². The molecule has 0 bridgehead atoms. The van der Waals surface area contributed by atoms with Gasteiger partial charge in [-0.25, -0.2) is 5.87 Å². The molecule has 0 atom stereocenters. The summed E-state index contributed by atoms with van der Waals surface area (Å²) in [4.78, 5) is 4.97. The van der Waals surface area contributed by atoms with Crippen LogP contribution in [0.15, 0.2) is 65.7 Å². The fourth-order valence-electron chi connectivity index (χ4n) is 3.08. The molecule has 4 heteroatoms. The Morgan fingerprint density at radius 2 is 1.08 bits per heavy atom. The second kappa shape index (κ2) is 8.94. The first kappa shape index (κ1) is 21.8. The Hall–Kier alpha value is -1.21. The molecule has 0 amide bonds. The molecule has 126 valence electrons. The molecule has 2 aromatic rings. The van der Waals surface area contributed by atoms with Crippen molar-refractivity contribution in [1.82, 2.24) is 0 Å². The van der Waals surface area contributed by atoms with Crippen LogP contribution < -0.4 is 18.9 Å². The second-order valence-electron chi connectivity index (χ2n) is 8.18. The summed E-state index contributed by atoms with van der Waals surface area (Å²) in [5, 5.41) is 1.43. The van der Waals surface area contributed by atoms with Crippen molar-refractivity contribution in [2.45, 2.75) is 39.3 Å². The number of aliphatic imine (C=N–C) groups is 1. The molecule has 0 saturated carbocycles. The van der Waals surface area contributed by atoms with Crippen LogP contribution in [-0.2, 0) is 0 Å². The van der Waals surface area contributed by atoms with E-state index in [9.17, 15) is 0 Å². The molecular weight excluding hydrogens is 329 g/mol. The number of hydrogen-bond acceptors (Lipinski definition) is 1. The summed E-state index contributed by atoms with van der Waals surface area (Å²) in [6.45, 7) is 14.3. The van der Waals surface area contributed by atoms with E-state index in [4.69, 9.17) is 4.99 Å². The summed E-state index contributed by atoms with van der Waals surface area (Å²) in [6.07, 6.45) is 0. The first-order valence-corrected chi connectivity index (χ1v) is 15.5. The van der Waals surface area contributed by atoms with Crippen molar-refractivity contribution in [3.05, 3.63) is 77.1 Å². The van der Waals surface area contributed by atoms with Gasteiger partial charge in [0, 0.05) is 16.1 Å². The van der Waals surface area contributed by atoms with E-state index >= 15 is 0 Å². The molecule has 0 aliphatic heterocycles. The zero-order valence-electron chi connectivity index (χ0n) is 16.7. The monoisotopic (exact) mass is 357 g/mol. The third kappa shape index (κ3) is 6.22. The summed E-state index contributed by atoms with van der Waals surface area (Å²) >= 11 is 0. The SMILES string of the molecule is C[Si](C)(C)[C-](N=C=C(c1ccccc1)c1ccccc1)[Si](C)(C)C.[Li+]. The minimum absolute atomic E-state index is 0. The van der Waals surface area contributed by atoms with Gasteiger partial charge in [-0.2, -0.15) is 0 Å². The maximum absolute atomic E-state index is 4.97. The Morgan fingerprint density at radius 1 is 0.720 bits per heavy atom. The van der Waals surface area contributed by atoms with E-state index < -0.39 is 16.1 Å². The molecule has 0 spiro atoms. The van der Waals surface area contributed by atoms with Crippen LogP contribution in [0.1, 0.15) is 11.1 Å². The molecule has 0 aromatic heterocycles. The number of hydrogen-bond donors (Lipinski definition) is 0. The van der Waals surface area contributed by atoms with Crippen molar-refractivity contribution in [2.75, 3.05) is 0 Å². The smallest absolute Gasteiger partial charge is 0.423 e. The molecular formula is C21H28LiNSi2. The maximum atomic E-state index is 4.97. The average Bonchev–Trinajstić information content (AvgIpc) is 2.51. The molecule has 0 fully saturated rings. The van der Waals surface area contributed by atoms with Crippen molar-refractivity contribution in [3.8, 4) is 0 Å². The molecule has 0 radical (unpaired) electrons. The number of rotatable bonds is 5. The van der Waals surface area contributed by atoms with Crippen molar-refractivity contribution >= 4 is 27.6 Å². The van der Waals surface area contributed by atoms with Crippen LogP contribution in [0.5, 0.6) is 0 Å². The third-order valence-corrected chi connectivity index (χ3v) is 11.4. The van der Waals surface area contributed by atoms with Crippen molar-refractivity contribution in [2.24, 2.45) is 4.99 Å². The zero-order chi connectivity index (χ0) is 17.8. The van der Waals surface area contributed by atoms with Gasteiger partial charge in [0.05, 0.1) is 0 Å². The van der Waals surface area contributed by atoms with Gasteiger partial charge in [-0.1, -0.05) is 106 Å². The molecule has 0 aliphatic rings. The van der Waals surface area contributed by atoms with Gasteiger partial charge in [-0.05, 0) is 11.1 Å². The van der Waals surface area contributed by atoms with Crippen molar-refractivity contribution < 1.29 is 18.9 Å².